The van der Waals surface area contributed by atoms with E-state index in [4.69, 9.17) is 5.73 Å². The maximum atomic E-state index is 12.6. The zero-order valence-corrected chi connectivity index (χ0v) is 19.1. The maximum absolute atomic E-state index is 12.6. The summed E-state index contributed by atoms with van der Waals surface area (Å²) in [6, 6.07) is -0.241. The zero-order chi connectivity index (χ0) is 21.2. The standard InChI is InChI=1S/C24H47N3O2/c1-2-3-4-5-6-7-8-9-10-13-18-23(28)27-21-16-17-22(27)24(29)26-20-15-12-11-14-19-25/h22H,2-21,25H2,1H3,(H,26,29). The number of hydrogen-bond acceptors (Lipinski definition) is 3. The SMILES string of the molecule is CCCCCCCCCCCCC(=O)N1CCCC1C(=O)NCCCCCCN. The highest BCUT2D eigenvalue weighted by atomic mass is 16.2. The van der Waals surface area contributed by atoms with Crippen molar-refractivity contribution in [2.24, 2.45) is 5.73 Å². The van der Waals surface area contributed by atoms with E-state index in [9.17, 15) is 9.59 Å². The van der Waals surface area contributed by atoms with Crippen LogP contribution in [0, 0.1) is 0 Å². The molecule has 5 nitrogen and oxygen atoms in total. The molecule has 1 heterocycles. The van der Waals surface area contributed by atoms with Crippen molar-refractivity contribution >= 4 is 11.8 Å². The van der Waals surface area contributed by atoms with E-state index in [1.54, 1.807) is 0 Å². The molecule has 29 heavy (non-hydrogen) atoms. The normalized spacial score (nSPS) is 16.3. The van der Waals surface area contributed by atoms with E-state index >= 15 is 0 Å². The Kier molecular flexibility index (Phi) is 15.9. The van der Waals surface area contributed by atoms with Crippen molar-refractivity contribution in [3.8, 4) is 0 Å². The molecule has 1 aliphatic rings. The van der Waals surface area contributed by atoms with Crippen LogP contribution in [0.3, 0.4) is 0 Å². The van der Waals surface area contributed by atoms with E-state index in [2.05, 4.69) is 12.2 Å². The van der Waals surface area contributed by atoms with E-state index in [0.29, 0.717) is 13.0 Å². The Morgan fingerprint density at radius 3 is 2.10 bits per heavy atom. The lowest BCUT2D eigenvalue weighted by molar-refractivity contribution is -0.138. The summed E-state index contributed by atoms with van der Waals surface area (Å²) in [5, 5.41) is 3.03. The van der Waals surface area contributed by atoms with E-state index in [1.807, 2.05) is 4.90 Å². The van der Waals surface area contributed by atoms with Crippen LogP contribution in [-0.4, -0.2) is 42.4 Å². The van der Waals surface area contributed by atoms with Crippen molar-refractivity contribution in [3.63, 3.8) is 0 Å². The molecule has 0 spiro atoms. The smallest absolute Gasteiger partial charge is 0.242 e. The molecular weight excluding hydrogens is 362 g/mol. The van der Waals surface area contributed by atoms with E-state index in [-0.39, 0.29) is 17.9 Å². The quantitative estimate of drug-likeness (QED) is 0.315. The van der Waals surface area contributed by atoms with Gasteiger partial charge in [-0.2, -0.15) is 0 Å². The molecule has 1 atom stereocenters. The first-order valence-corrected chi connectivity index (χ1v) is 12.5. The molecule has 0 radical (unpaired) electrons. The Bertz CT molecular complexity index is 428. The minimum atomic E-state index is -0.241. The van der Waals surface area contributed by atoms with Gasteiger partial charge in [-0.05, 0) is 38.6 Å². The molecule has 1 aliphatic heterocycles. The lowest BCUT2D eigenvalue weighted by Gasteiger charge is -2.24. The van der Waals surface area contributed by atoms with Gasteiger partial charge in [0, 0.05) is 19.5 Å². The average Bonchev–Trinajstić information content (AvgIpc) is 3.22. The number of rotatable bonds is 18. The summed E-state index contributed by atoms with van der Waals surface area (Å²) in [4.78, 5) is 26.9. The van der Waals surface area contributed by atoms with Gasteiger partial charge < -0.3 is 16.0 Å². The van der Waals surface area contributed by atoms with Gasteiger partial charge >= 0.3 is 0 Å². The Balaban J connectivity index is 2.09. The van der Waals surface area contributed by atoms with E-state index in [0.717, 1.165) is 64.5 Å². The molecule has 3 N–H and O–H groups in total. The van der Waals surface area contributed by atoms with Gasteiger partial charge in [-0.25, -0.2) is 0 Å². The second kappa shape index (κ2) is 17.7. The second-order valence-corrected chi connectivity index (χ2v) is 8.67. The van der Waals surface area contributed by atoms with Crippen molar-refractivity contribution in [1.82, 2.24) is 10.2 Å². The number of amides is 2. The van der Waals surface area contributed by atoms with Crippen molar-refractivity contribution in [3.05, 3.63) is 0 Å². The largest absolute Gasteiger partial charge is 0.354 e. The van der Waals surface area contributed by atoms with Crippen LogP contribution in [0.4, 0.5) is 0 Å². The predicted molar refractivity (Wildman–Crippen MR) is 122 cm³/mol. The molecule has 0 aliphatic carbocycles. The first-order valence-electron chi connectivity index (χ1n) is 12.5. The Labute approximate surface area is 179 Å². The van der Waals surface area contributed by atoms with Gasteiger partial charge in [0.25, 0.3) is 0 Å². The molecule has 1 saturated heterocycles. The molecule has 1 fully saturated rings. The summed E-state index contributed by atoms with van der Waals surface area (Å²) >= 11 is 0. The van der Waals surface area contributed by atoms with Crippen molar-refractivity contribution in [2.75, 3.05) is 19.6 Å². The highest BCUT2D eigenvalue weighted by molar-refractivity contribution is 5.88. The van der Waals surface area contributed by atoms with Crippen LogP contribution < -0.4 is 11.1 Å². The highest BCUT2D eigenvalue weighted by Gasteiger charge is 2.33. The Morgan fingerprint density at radius 2 is 1.45 bits per heavy atom. The van der Waals surface area contributed by atoms with E-state index in [1.165, 1.54) is 51.4 Å². The minimum absolute atomic E-state index is 0.0396. The number of hydrogen-bond donors (Lipinski definition) is 2. The monoisotopic (exact) mass is 409 g/mol. The van der Waals surface area contributed by atoms with Gasteiger partial charge in [-0.3, -0.25) is 9.59 Å². The van der Waals surface area contributed by atoms with Gasteiger partial charge in [0.15, 0.2) is 0 Å². The lowest BCUT2D eigenvalue weighted by Crippen LogP contribution is -2.46. The summed E-state index contributed by atoms with van der Waals surface area (Å²) in [6.45, 7) is 4.44. The number of likely N-dealkylation sites (tertiary alicyclic amines) is 1. The first kappa shape index (κ1) is 25.9. The van der Waals surface area contributed by atoms with Crippen LogP contribution >= 0.6 is 0 Å². The molecule has 0 aromatic rings. The van der Waals surface area contributed by atoms with Crippen LogP contribution in [0.15, 0.2) is 0 Å². The molecule has 1 unspecified atom stereocenters. The van der Waals surface area contributed by atoms with Crippen LogP contribution in [0.25, 0.3) is 0 Å². The van der Waals surface area contributed by atoms with Crippen LogP contribution in [-0.2, 0) is 9.59 Å². The van der Waals surface area contributed by atoms with Crippen molar-refractivity contribution < 1.29 is 9.59 Å². The number of carbonyl (C=O) groups excluding carboxylic acids is 2. The van der Waals surface area contributed by atoms with Gasteiger partial charge in [-0.1, -0.05) is 77.6 Å². The minimum Gasteiger partial charge on any atom is -0.354 e. The molecule has 0 aromatic carbocycles. The molecule has 1 rings (SSSR count). The van der Waals surface area contributed by atoms with Gasteiger partial charge in [0.1, 0.15) is 6.04 Å². The molecule has 0 aromatic heterocycles. The zero-order valence-electron chi connectivity index (χ0n) is 19.1. The van der Waals surface area contributed by atoms with Gasteiger partial charge in [0.05, 0.1) is 0 Å². The second-order valence-electron chi connectivity index (χ2n) is 8.67. The number of nitrogens with one attached hydrogen (secondary N) is 1. The number of carbonyl (C=O) groups is 2. The topological polar surface area (TPSA) is 75.4 Å². The van der Waals surface area contributed by atoms with Gasteiger partial charge in [-0.15, -0.1) is 0 Å². The van der Waals surface area contributed by atoms with Crippen molar-refractivity contribution in [1.29, 1.82) is 0 Å². The third kappa shape index (κ3) is 12.2. The van der Waals surface area contributed by atoms with Gasteiger partial charge in [0.2, 0.25) is 11.8 Å². The fraction of sp³-hybridized carbons (Fsp3) is 0.917. The summed E-state index contributed by atoms with van der Waals surface area (Å²) in [6.07, 6.45) is 19.3. The third-order valence-corrected chi connectivity index (χ3v) is 6.05. The number of unbranched alkanes of at least 4 members (excludes halogenated alkanes) is 12. The first-order chi connectivity index (χ1) is 14.2. The lowest BCUT2D eigenvalue weighted by atomic mass is 10.1. The summed E-state index contributed by atoms with van der Waals surface area (Å²) in [7, 11) is 0. The van der Waals surface area contributed by atoms with Crippen LogP contribution in [0.1, 0.15) is 116 Å². The molecule has 2 amide bonds. The summed E-state index contributed by atoms with van der Waals surface area (Å²) in [5.41, 5.74) is 5.50. The Hall–Kier alpha value is -1.10. The van der Waals surface area contributed by atoms with Crippen LogP contribution in [0.2, 0.25) is 0 Å². The number of nitrogens with zero attached hydrogens (tertiary/aromatic N) is 1. The molecule has 0 saturated carbocycles. The molecule has 0 bridgehead atoms. The van der Waals surface area contributed by atoms with Crippen molar-refractivity contribution in [2.45, 2.75) is 122 Å². The molecule has 170 valence electrons. The van der Waals surface area contributed by atoms with Crippen LogP contribution in [0.5, 0.6) is 0 Å². The molecular formula is C24H47N3O2. The predicted octanol–water partition coefficient (Wildman–Crippen LogP) is 4.92. The fourth-order valence-electron chi connectivity index (χ4n) is 4.20. The molecule has 5 heteroatoms. The maximum Gasteiger partial charge on any atom is 0.242 e. The van der Waals surface area contributed by atoms with E-state index < -0.39 is 0 Å². The Morgan fingerprint density at radius 1 is 0.862 bits per heavy atom. The third-order valence-electron chi connectivity index (χ3n) is 6.05. The highest BCUT2D eigenvalue weighted by Crippen LogP contribution is 2.20. The number of nitrogens with two attached hydrogens (primary N) is 1. The summed E-state index contributed by atoms with van der Waals surface area (Å²) < 4.78 is 0. The average molecular weight is 410 g/mol. The fourth-order valence-corrected chi connectivity index (χ4v) is 4.20. The summed E-state index contributed by atoms with van der Waals surface area (Å²) in [5.74, 6) is 0.211.